The zero-order valence-electron chi connectivity index (χ0n) is 10.2. The zero-order valence-corrected chi connectivity index (χ0v) is 10.2. The van der Waals surface area contributed by atoms with Crippen LogP contribution in [0.5, 0.6) is 0 Å². The van der Waals surface area contributed by atoms with Crippen LogP contribution in [0.15, 0.2) is 18.2 Å². The van der Waals surface area contributed by atoms with Gasteiger partial charge in [0, 0.05) is 6.42 Å². The van der Waals surface area contributed by atoms with Crippen LogP contribution in [0.2, 0.25) is 0 Å². The van der Waals surface area contributed by atoms with Gasteiger partial charge in [-0.05, 0) is 56.5 Å². The summed E-state index contributed by atoms with van der Waals surface area (Å²) in [5.41, 5.74) is -0.126. The fourth-order valence-electron chi connectivity index (χ4n) is 2.35. The molecular weight excluding hydrogens is 236 g/mol. The van der Waals surface area contributed by atoms with Crippen LogP contribution in [0.25, 0.3) is 0 Å². The molecule has 0 saturated carbocycles. The van der Waals surface area contributed by atoms with Gasteiger partial charge in [-0.15, -0.1) is 0 Å². The summed E-state index contributed by atoms with van der Waals surface area (Å²) in [5.74, 6) is -1.04. The van der Waals surface area contributed by atoms with Crippen molar-refractivity contribution in [3.8, 4) is 0 Å². The first-order valence-electron chi connectivity index (χ1n) is 6.36. The fraction of sp³-hybridized carbons (Fsp3) is 0.500. The molecule has 1 unspecified atom stereocenters. The summed E-state index contributed by atoms with van der Waals surface area (Å²) in [6.45, 7) is 1.95. The van der Waals surface area contributed by atoms with E-state index in [1.54, 1.807) is 0 Å². The molecule has 4 heteroatoms. The topological polar surface area (TPSA) is 29.1 Å². The van der Waals surface area contributed by atoms with Crippen molar-refractivity contribution in [3.63, 3.8) is 0 Å². The summed E-state index contributed by atoms with van der Waals surface area (Å²) in [5, 5.41) is 3.27. The Hall–Kier alpha value is -1.29. The smallest absolute Gasteiger partial charge is 0.165 e. The lowest BCUT2D eigenvalue weighted by atomic mass is 9.92. The van der Waals surface area contributed by atoms with Crippen molar-refractivity contribution in [2.24, 2.45) is 5.92 Å². The van der Waals surface area contributed by atoms with E-state index in [2.05, 4.69) is 5.32 Å². The van der Waals surface area contributed by atoms with Crippen molar-refractivity contribution in [3.05, 3.63) is 35.4 Å². The van der Waals surface area contributed by atoms with Crippen molar-refractivity contribution in [2.45, 2.75) is 25.7 Å². The number of Topliss-reactive ketones (excluding diaryl/α,β-unsaturated/α-hetero) is 1. The highest BCUT2D eigenvalue weighted by molar-refractivity contribution is 5.96. The third-order valence-corrected chi connectivity index (χ3v) is 3.41. The number of hydrogen-bond donors (Lipinski definition) is 1. The Balaban J connectivity index is 1.92. The lowest BCUT2D eigenvalue weighted by Gasteiger charge is -2.22. The molecular formula is C14H17F2NO. The standard InChI is InChI=1S/C14H17F2NO/c15-11-4-5-13(16)12(8-11)14(18)6-3-10-2-1-7-17-9-10/h4-5,8,10,17H,1-3,6-7,9H2. The average molecular weight is 253 g/mol. The van der Waals surface area contributed by atoms with Gasteiger partial charge in [0.25, 0.3) is 0 Å². The van der Waals surface area contributed by atoms with E-state index in [9.17, 15) is 13.6 Å². The van der Waals surface area contributed by atoms with E-state index in [0.29, 0.717) is 5.92 Å². The third-order valence-electron chi connectivity index (χ3n) is 3.41. The maximum Gasteiger partial charge on any atom is 0.165 e. The lowest BCUT2D eigenvalue weighted by molar-refractivity contribution is 0.0967. The molecule has 1 heterocycles. The largest absolute Gasteiger partial charge is 0.316 e. The van der Waals surface area contributed by atoms with Crippen LogP contribution in [0.1, 0.15) is 36.0 Å². The van der Waals surface area contributed by atoms with E-state index in [-0.39, 0.29) is 17.8 Å². The van der Waals surface area contributed by atoms with Gasteiger partial charge in [-0.2, -0.15) is 0 Å². The van der Waals surface area contributed by atoms with E-state index >= 15 is 0 Å². The maximum absolute atomic E-state index is 13.4. The Bertz CT molecular complexity index is 428. The Kier molecular flexibility index (Phi) is 4.42. The maximum atomic E-state index is 13.4. The predicted molar refractivity (Wildman–Crippen MR) is 65.5 cm³/mol. The highest BCUT2D eigenvalue weighted by Crippen LogP contribution is 2.19. The van der Waals surface area contributed by atoms with Crippen molar-refractivity contribution < 1.29 is 13.6 Å². The second kappa shape index (κ2) is 6.05. The van der Waals surface area contributed by atoms with Gasteiger partial charge in [-0.3, -0.25) is 4.79 Å². The number of benzene rings is 1. The fourth-order valence-corrected chi connectivity index (χ4v) is 2.35. The number of nitrogens with one attached hydrogen (secondary N) is 1. The summed E-state index contributed by atoms with van der Waals surface area (Å²) >= 11 is 0. The van der Waals surface area contributed by atoms with Gasteiger partial charge in [0.05, 0.1) is 5.56 Å². The highest BCUT2D eigenvalue weighted by atomic mass is 19.1. The molecule has 1 atom stereocenters. The minimum Gasteiger partial charge on any atom is -0.316 e. The first-order valence-corrected chi connectivity index (χ1v) is 6.36. The first kappa shape index (κ1) is 13.1. The number of hydrogen-bond acceptors (Lipinski definition) is 2. The average Bonchev–Trinajstić information content (AvgIpc) is 2.40. The van der Waals surface area contributed by atoms with Gasteiger partial charge >= 0.3 is 0 Å². The van der Waals surface area contributed by atoms with Crippen LogP contribution in [-0.2, 0) is 0 Å². The SMILES string of the molecule is O=C(CCC1CCCNC1)c1cc(F)ccc1F. The van der Waals surface area contributed by atoms with Crippen molar-refractivity contribution in [1.82, 2.24) is 5.32 Å². The van der Waals surface area contributed by atoms with Crippen molar-refractivity contribution in [2.75, 3.05) is 13.1 Å². The van der Waals surface area contributed by atoms with Gasteiger partial charge in [0.15, 0.2) is 5.78 Å². The molecule has 1 aliphatic heterocycles. The molecule has 2 rings (SSSR count). The van der Waals surface area contributed by atoms with Crippen LogP contribution < -0.4 is 5.32 Å². The zero-order chi connectivity index (χ0) is 13.0. The molecule has 1 saturated heterocycles. The number of rotatable bonds is 4. The van der Waals surface area contributed by atoms with E-state index < -0.39 is 11.6 Å². The van der Waals surface area contributed by atoms with Gasteiger partial charge in [0.1, 0.15) is 11.6 Å². The number of ketones is 1. The third kappa shape index (κ3) is 3.35. The predicted octanol–water partition coefficient (Wildman–Crippen LogP) is 2.93. The van der Waals surface area contributed by atoms with Gasteiger partial charge in [-0.1, -0.05) is 0 Å². The summed E-state index contributed by atoms with van der Waals surface area (Å²) < 4.78 is 26.4. The normalized spacial score (nSPS) is 19.8. The molecule has 18 heavy (non-hydrogen) atoms. The van der Waals surface area contributed by atoms with Crippen molar-refractivity contribution >= 4 is 5.78 Å². The second-order valence-corrected chi connectivity index (χ2v) is 4.80. The molecule has 1 fully saturated rings. The first-order chi connectivity index (χ1) is 8.66. The lowest BCUT2D eigenvalue weighted by Crippen LogP contribution is -2.30. The molecule has 0 radical (unpaired) electrons. The molecule has 0 aromatic heterocycles. The van der Waals surface area contributed by atoms with Gasteiger partial charge < -0.3 is 5.32 Å². The molecule has 0 bridgehead atoms. The molecule has 1 N–H and O–H groups in total. The molecule has 1 aliphatic rings. The Morgan fingerprint density at radius 3 is 2.94 bits per heavy atom. The van der Waals surface area contributed by atoms with Crippen LogP contribution in [-0.4, -0.2) is 18.9 Å². The number of carbonyl (C=O) groups excluding carboxylic acids is 1. The molecule has 0 spiro atoms. The molecule has 0 aliphatic carbocycles. The van der Waals surface area contributed by atoms with E-state index in [1.807, 2.05) is 0 Å². The van der Waals surface area contributed by atoms with Crippen LogP contribution in [0, 0.1) is 17.6 Å². The van der Waals surface area contributed by atoms with Crippen molar-refractivity contribution in [1.29, 1.82) is 0 Å². The van der Waals surface area contributed by atoms with Crippen LogP contribution in [0.3, 0.4) is 0 Å². The Labute approximate surface area is 105 Å². The Morgan fingerprint density at radius 2 is 2.22 bits per heavy atom. The highest BCUT2D eigenvalue weighted by Gasteiger charge is 2.17. The summed E-state index contributed by atoms with van der Waals surface area (Å²) in [6, 6.07) is 3.01. The van der Waals surface area contributed by atoms with Crippen LogP contribution >= 0.6 is 0 Å². The number of halogens is 2. The molecule has 0 amide bonds. The van der Waals surface area contributed by atoms with E-state index in [0.717, 1.165) is 50.6 Å². The van der Waals surface area contributed by atoms with Crippen LogP contribution in [0.4, 0.5) is 8.78 Å². The minimum absolute atomic E-state index is 0.126. The molecule has 1 aromatic carbocycles. The quantitative estimate of drug-likeness (QED) is 0.836. The number of piperidine rings is 1. The summed E-state index contributed by atoms with van der Waals surface area (Å²) in [6.07, 6.45) is 3.24. The molecule has 98 valence electrons. The molecule has 1 aromatic rings. The Morgan fingerprint density at radius 1 is 1.39 bits per heavy atom. The molecule has 2 nitrogen and oxygen atoms in total. The summed E-state index contributed by atoms with van der Waals surface area (Å²) in [4.78, 5) is 11.8. The minimum atomic E-state index is -0.636. The van der Waals surface area contributed by atoms with E-state index in [1.165, 1.54) is 0 Å². The second-order valence-electron chi connectivity index (χ2n) is 4.80. The van der Waals surface area contributed by atoms with Gasteiger partial charge in [-0.25, -0.2) is 8.78 Å². The van der Waals surface area contributed by atoms with E-state index in [4.69, 9.17) is 0 Å². The van der Waals surface area contributed by atoms with Gasteiger partial charge in [0.2, 0.25) is 0 Å². The summed E-state index contributed by atoms with van der Waals surface area (Å²) in [7, 11) is 0. The number of carbonyl (C=O) groups is 1. The monoisotopic (exact) mass is 253 g/mol.